The van der Waals surface area contributed by atoms with Crippen molar-refractivity contribution in [1.29, 1.82) is 0 Å². The van der Waals surface area contributed by atoms with Gasteiger partial charge in [-0.1, -0.05) is 0 Å². The molecule has 2 fully saturated rings. The molecule has 1 aromatic carbocycles. The number of aromatic nitrogens is 1. The smallest absolute Gasteiger partial charge is 0.260 e. The standard InChI is InChI=1S/C26H35F3N6OS/c1-31-22-14-20(27)21(28)15-23(22)35(17-37-2)19-4-9-34(10-5-19)25(36)26(29)6-11-33(12-7-26)16-18-3-8-32-24(30)13-18/h3,8,13-15,19,31H,4-7,9-12,16-17H2,1-2H3,(H2,30,32). The van der Waals surface area contributed by atoms with Gasteiger partial charge >= 0.3 is 0 Å². The average Bonchev–Trinajstić information content (AvgIpc) is 2.90. The van der Waals surface area contributed by atoms with Crippen LogP contribution in [0.2, 0.25) is 0 Å². The Balaban J connectivity index is 1.35. The van der Waals surface area contributed by atoms with Gasteiger partial charge in [0.25, 0.3) is 5.91 Å². The Labute approximate surface area is 220 Å². The van der Waals surface area contributed by atoms with Crippen molar-refractivity contribution in [3.8, 4) is 0 Å². The Morgan fingerprint density at radius 1 is 1.19 bits per heavy atom. The van der Waals surface area contributed by atoms with Crippen LogP contribution in [-0.4, -0.2) is 77.8 Å². The summed E-state index contributed by atoms with van der Waals surface area (Å²) in [6, 6.07) is 6.12. The van der Waals surface area contributed by atoms with Crippen LogP contribution < -0.4 is 16.0 Å². The van der Waals surface area contributed by atoms with E-state index in [0.717, 1.165) is 5.56 Å². The minimum absolute atomic E-state index is 0.0265. The molecule has 0 radical (unpaired) electrons. The second-order valence-corrected chi connectivity index (χ2v) is 10.6. The van der Waals surface area contributed by atoms with Crippen LogP contribution in [0.4, 0.5) is 30.4 Å². The molecule has 37 heavy (non-hydrogen) atoms. The van der Waals surface area contributed by atoms with Crippen LogP contribution in [0.15, 0.2) is 30.5 Å². The van der Waals surface area contributed by atoms with E-state index in [9.17, 15) is 13.6 Å². The number of likely N-dealkylation sites (tertiary alicyclic amines) is 2. The highest BCUT2D eigenvalue weighted by molar-refractivity contribution is 7.98. The van der Waals surface area contributed by atoms with E-state index in [1.807, 2.05) is 18.4 Å². The average molecular weight is 537 g/mol. The first-order chi connectivity index (χ1) is 17.7. The first-order valence-corrected chi connectivity index (χ1v) is 14.0. The molecule has 7 nitrogen and oxygen atoms in total. The van der Waals surface area contributed by atoms with Crippen molar-refractivity contribution in [2.45, 2.75) is 43.9 Å². The van der Waals surface area contributed by atoms with Crippen LogP contribution in [0.25, 0.3) is 0 Å². The summed E-state index contributed by atoms with van der Waals surface area (Å²) in [6.07, 6.45) is 5.18. The van der Waals surface area contributed by atoms with Crippen molar-refractivity contribution in [3.05, 3.63) is 47.7 Å². The number of nitrogen functional groups attached to an aromatic ring is 1. The van der Waals surface area contributed by atoms with Crippen molar-refractivity contribution in [1.82, 2.24) is 14.8 Å². The van der Waals surface area contributed by atoms with E-state index < -0.39 is 23.2 Å². The zero-order chi connectivity index (χ0) is 26.6. The van der Waals surface area contributed by atoms with E-state index in [2.05, 4.69) is 20.1 Å². The number of nitrogens with two attached hydrogens (primary N) is 1. The molecule has 0 bridgehead atoms. The molecule has 4 rings (SSSR count). The maximum Gasteiger partial charge on any atom is 0.260 e. The highest BCUT2D eigenvalue weighted by Crippen LogP contribution is 2.35. The zero-order valence-corrected chi connectivity index (χ0v) is 22.2. The van der Waals surface area contributed by atoms with Crippen molar-refractivity contribution in [3.63, 3.8) is 0 Å². The maximum atomic E-state index is 15.8. The van der Waals surface area contributed by atoms with Crippen molar-refractivity contribution in [2.75, 3.05) is 61.3 Å². The normalized spacial score (nSPS) is 18.6. The number of hydrogen-bond acceptors (Lipinski definition) is 7. The summed E-state index contributed by atoms with van der Waals surface area (Å²) in [5.74, 6) is -1.19. The fourth-order valence-electron chi connectivity index (χ4n) is 5.28. The Morgan fingerprint density at radius 3 is 2.49 bits per heavy atom. The summed E-state index contributed by atoms with van der Waals surface area (Å²) in [7, 11) is 1.67. The maximum absolute atomic E-state index is 15.8. The second kappa shape index (κ2) is 11.8. The van der Waals surface area contributed by atoms with Crippen LogP contribution in [0, 0.1) is 11.6 Å². The molecular weight excluding hydrogens is 501 g/mol. The number of anilines is 3. The third-order valence-electron chi connectivity index (χ3n) is 7.36. The first-order valence-electron chi connectivity index (χ1n) is 12.6. The number of carbonyl (C=O) groups excluding carboxylic acids is 1. The number of thioether (sulfide) groups is 1. The van der Waals surface area contributed by atoms with Gasteiger partial charge < -0.3 is 20.9 Å². The summed E-state index contributed by atoms with van der Waals surface area (Å²) < 4.78 is 43.7. The van der Waals surface area contributed by atoms with Gasteiger partial charge in [0, 0.05) is 77.0 Å². The number of piperidine rings is 2. The molecule has 1 amide bonds. The summed E-state index contributed by atoms with van der Waals surface area (Å²) in [6.45, 7) is 2.49. The number of halogens is 3. The van der Waals surface area contributed by atoms with Crippen molar-refractivity contribution < 1.29 is 18.0 Å². The molecule has 0 aliphatic carbocycles. The molecular formula is C26H35F3N6OS. The molecule has 0 unspecified atom stereocenters. The fourth-order valence-corrected chi connectivity index (χ4v) is 5.91. The Morgan fingerprint density at radius 2 is 1.86 bits per heavy atom. The molecule has 3 heterocycles. The zero-order valence-electron chi connectivity index (χ0n) is 21.4. The van der Waals surface area contributed by atoms with Gasteiger partial charge in [-0.25, -0.2) is 18.2 Å². The quantitative estimate of drug-likeness (QED) is 0.492. The third kappa shape index (κ3) is 6.26. The lowest BCUT2D eigenvalue weighted by molar-refractivity contribution is -0.148. The number of carbonyl (C=O) groups is 1. The first kappa shape index (κ1) is 27.4. The van der Waals surface area contributed by atoms with Crippen molar-refractivity contribution in [2.24, 2.45) is 0 Å². The molecule has 0 atom stereocenters. The van der Waals surface area contributed by atoms with Crippen LogP contribution in [0.3, 0.4) is 0 Å². The predicted octanol–water partition coefficient (Wildman–Crippen LogP) is 4.11. The summed E-state index contributed by atoms with van der Waals surface area (Å²) in [5, 5.41) is 2.95. The van der Waals surface area contributed by atoms with E-state index in [4.69, 9.17) is 5.73 Å². The molecule has 0 spiro atoms. The number of alkyl halides is 1. The van der Waals surface area contributed by atoms with E-state index >= 15 is 4.39 Å². The number of hydrogen-bond donors (Lipinski definition) is 2. The Bertz CT molecular complexity index is 1090. The summed E-state index contributed by atoms with van der Waals surface area (Å²) >= 11 is 1.58. The summed E-state index contributed by atoms with van der Waals surface area (Å²) in [4.78, 5) is 23.0. The number of benzene rings is 1. The highest BCUT2D eigenvalue weighted by Gasteiger charge is 2.45. The van der Waals surface area contributed by atoms with Gasteiger partial charge in [-0.05, 0) is 36.8 Å². The number of pyridine rings is 1. The minimum Gasteiger partial charge on any atom is -0.386 e. The molecule has 0 saturated carbocycles. The molecule has 2 aromatic rings. The van der Waals surface area contributed by atoms with Crippen LogP contribution in [-0.2, 0) is 11.3 Å². The Kier molecular flexibility index (Phi) is 8.74. The van der Waals surface area contributed by atoms with Gasteiger partial charge in [0.05, 0.1) is 17.3 Å². The molecule has 2 aliphatic rings. The molecule has 202 valence electrons. The predicted molar refractivity (Wildman–Crippen MR) is 143 cm³/mol. The lowest BCUT2D eigenvalue weighted by Gasteiger charge is -2.43. The lowest BCUT2D eigenvalue weighted by atomic mass is 9.90. The Hall–Kier alpha value is -2.66. The van der Waals surface area contributed by atoms with Gasteiger partial charge in [-0.3, -0.25) is 9.69 Å². The lowest BCUT2D eigenvalue weighted by Crippen LogP contribution is -2.55. The number of nitrogens with one attached hydrogen (secondary N) is 1. The fraction of sp³-hybridized carbons (Fsp3) is 0.538. The summed E-state index contributed by atoms with van der Waals surface area (Å²) in [5.41, 5.74) is 6.01. The largest absolute Gasteiger partial charge is 0.386 e. The molecule has 11 heteroatoms. The van der Waals surface area contributed by atoms with Crippen LogP contribution >= 0.6 is 11.8 Å². The van der Waals surface area contributed by atoms with Crippen molar-refractivity contribution >= 4 is 34.9 Å². The molecule has 1 aromatic heterocycles. The van der Waals surface area contributed by atoms with E-state index in [-0.39, 0.29) is 18.9 Å². The molecule has 2 saturated heterocycles. The number of rotatable bonds is 8. The van der Waals surface area contributed by atoms with Gasteiger partial charge in [0.2, 0.25) is 0 Å². The van der Waals surface area contributed by atoms with Gasteiger partial charge in [-0.15, -0.1) is 11.8 Å². The van der Waals surface area contributed by atoms with E-state index in [0.29, 0.717) is 68.6 Å². The topological polar surface area (TPSA) is 77.7 Å². The number of amides is 1. The van der Waals surface area contributed by atoms with Gasteiger partial charge in [0.15, 0.2) is 17.3 Å². The SMILES string of the molecule is CNc1cc(F)c(F)cc1N(CSC)C1CCN(C(=O)C2(F)CCN(Cc3ccnc(N)c3)CC2)CC1. The highest BCUT2D eigenvalue weighted by atomic mass is 32.2. The van der Waals surface area contributed by atoms with E-state index in [1.165, 1.54) is 12.1 Å². The van der Waals surface area contributed by atoms with Crippen LogP contribution in [0.5, 0.6) is 0 Å². The molecule has 3 N–H and O–H groups in total. The monoisotopic (exact) mass is 536 g/mol. The van der Waals surface area contributed by atoms with Gasteiger partial charge in [0.1, 0.15) is 5.82 Å². The minimum atomic E-state index is -1.86. The van der Waals surface area contributed by atoms with Gasteiger partial charge in [-0.2, -0.15) is 0 Å². The van der Waals surface area contributed by atoms with E-state index in [1.54, 1.807) is 29.9 Å². The van der Waals surface area contributed by atoms with Crippen LogP contribution in [0.1, 0.15) is 31.2 Å². The second-order valence-electron chi connectivity index (χ2n) is 9.77. The third-order valence-corrected chi connectivity index (χ3v) is 7.90. The molecule has 2 aliphatic heterocycles. The number of nitrogens with zero attached hydrogens (tertiary/aromatic N) is 4.